The number of rotatable bonds is 6. The predicted molar refractivity (Wildman–Crippen MR) is 119 cm³/mol. The molecule has 2 aliphatic heterocycles. The number of nitrogen functional groups attached to an aromatic ring is 1. The Morgan fingerprint density at radius 2 is 2.19 bits per heavy atom. The third kappa shape index (κ3) is 3.94. The van der Waals surface area contributed by atoms with E-state index in [1.54, 1.807) is 6.20 Å². The maximum atomic E-state index is 12.8. The number of hydrogen-bond donors (Lipinski definition) is 4. The Morgan fingerprint density at radius 3 is 2.75 bits per heavy atom. The minimum Gasteiger partial charge on any atom is -0.477 e. The highest BCUT2D eigenvalue weighted by molar-refractivity contribution is 8.04. The molecule has 4 rings (SSSR count). The molecule has 2 amide bonds. The summed E-state index contributed by atoms with van der Waals surface area (Å²) in [4.78, 5) is 48.2. The van der Waals surface area contributed by atoms with Crippen molar-refractivity contribution < 1.29 is 24.7 Å². The number of halogens is 1. The lowest BCUT2D eigenvalue weighted by atomic mass is 9.86. The largest absolute Gasteiger partial charge is 0.477 e. The Balaban J connectivity index is 1.53. The van der Waals surface area contributed by atoms with E-state index in [4.69, 9.17) is 17.3 Å². The summed E-state index contributed by atoms with van der Waals surface area (Å²) in [6, 6.07) is -1.52. The second kappa shape index (κ2) is 8.69. The Morgan fingerprint density at radius 1 is 1.44 bits per heavy atom. The number of fused-ring (bicyclic) bond motifs is 1. The number of aromatic nitrogens is 2. The summed E-state index contributed by atoms with van der Waals surface area (Å²) in [7, 11) is 0. The van der Waals surface area contributed by atoms with Crippen LogP contribution in [0.1, 0.15) is 23.4 Å². The molecule has 4 heterocycles. The number of nitrogens with zero attached hydrogens (tertiary/aromatic N) is 4. The number of oxime groups is 1. The van der Waals surface area contributed by atoms with Crippen LogP contribution < -0.4 is 11.1 Å². The van der Waals surface area contributed by atoms with Gasteiger partial charge < -0.3 is 21.4 Å². The van der Waals surface area contributed by atoms with Crippen LogP contribution in [0.2, 0.25) is 4.34 Å². The van der Waals surface area contributed by atoms with Crippen molar-refractivity contribution >= 4 is 74.7 Å². The molecular formula is C17H15ClN6O5S3. The monoisotopic (exact) mass is 514 g/mol. The zero-order chi connectivity index (χ0) is 23.2. The summed E-state index contributed by atoms with van der Waals surface area (Å²) in [5.74, 6) is -2.68. The first-order chi connectivity index (χ1) is 15.2. The molecule has 0 radical (unpaired) electrons. The van der Waals surface area contributed by atoms with Gasteiger partial charge in [0, 0.05) is 16.0 Å². The molecule has 1 saturated heterocycles. The van der Waals surface area contributed by atoms with Crippen molar-refractivity contribution in [2.24, 2.45) is 5.16 Å². The fourth-order valence-electron chi connectivity index (χ4n) is 3.49. The lowest BCUT2D eigenvalue weighted by Crippen LogP contribution is -2.72. The minimum atomic E-state index is -1.23. The first-order valence-electron chi connectivity index (χ1n) is 9.06. The quantitative estimate of drug-likeness (QED) is 0.194. The molecule has 0 saturated carbocycles. The average molecular weight is 515 g/mol. The lowest BCUT2D eigenvalue weighted by Gasteiger charge is -2.49. The summed E-state index contributed by atoms with van der Waals surface area (Å²) < 4.78 is 0.746. The van der Waals surface area contributed by atoms with Crippen molar-refractivity contribution in [2.75, 3.05) is 5.73 Å². The number of hydrogen-bond acceptors (Lipinski definition) is 11. The number of nitrogens with two attached hydrogens (primary N) is 1. The molecule has 168 valence electrons. The first-order valence-corrected chi connectivity index (χ1v) is 11.9. The van der Waals surface area contributed by atoms with Crippen LogP contribution in [0, 0.1) is 6.92 Å². The second-order valence-electron chi connectivity index (χ2n) is 6.80. The van der Waals surface area contributed by atoms with Crippen LogP contribution in [0.4, 0.5) is 5.13 Å². The molecule has 5 N–H and O–H groups in total. The Labute approximate surface area is 198 Å². The number of carboxylic acid groups (broad SMARTS) is 1. The third-order valence-corrected chi connectivity index (χ3v) is 8.05. The molecule has 2 atom stereocenters. The fraction of sp³-hybridized carbons (Fsp3) is 0.294. The topological polar surface area (TPSA) is 171 Å². The maximum Gasteiger partial charge on any atom is 0.353 e. The molecular weight excluding hydrogens is 500 g/mol. The highest BCUT2D eigenvalue weighted by Crippen LogP contribution is 2.43. The number of anilines is 1. The summed E-state index contributed by atoms with van der Waals surface area (Å²) in [6.07, 6.45) is 2.54. The number of carbonyl (C=O) groups excluding carboxylic acids is 2. The van der Waals surface area contributed by atoms with Gasteiger partial charge in [0.15, 0.2) is 15.2 Å². The second-order valence-corrected chi connectivity index (χ2v) is 11.0. The number of amides is 2. The van der Waals surface area contributed by atoms with Gasteiger partial charge in [-0.25, -0.2) is 14.8 Å². The van der Waals surface area contributed by atoms with Gasteiger partial charge in [-0.3, -0.25) is 14.5 Å². The van der Waals surface area contributed by atoms with Gasteiger partial charge in [0.1, 0.15) is 21.8 Å². The standard InChI is InChI=1S/C17H15ClN6O5S3/c1-5-4-20-17(30-5)31-7-3-2-6-8(14(26)24(6)11(7)15(27)28)21-13(25)10(23-29)9-12(18)32-16(19)22-9/h4,6,8,29H,2-3H2,1H3,(H2,19,22)(H,21,25)(H,27,28)/b23-10-. The minimum absolute atomic E-state index is 0.0554. The number of nitrogens with one attached hydrogen (secondary N) is 1. The molecule has 0 aromatic carbocycles. The van der Waals surface area contributed by atoms with Gasteiger partial charge in [-0.05, 0) is 19.8 Å². The van der Waals surface area contributed by atoms with Crippen LogP contribution in [0.15, 0.2) is 26.3 Å². The summed E-state index contributed by atoms with van der Waals surface area (Å²) in [6.45, 7) is 1.90. The van der Waals surface area contributed by atoms with E-state index in [0.29, 0.717) is 22.1 Å². The van der Waals surface area contributed by atoms with Gasteiger partial charge in [-0.2, -0.15) is 0 Å². The van der Waals surface area contributed by atoms with Crippen LogP contribution in [0.3, 0.4) is 0 Å². The van der Waals surface area contributed by atoms with E-state index in [1.807, 2.05) is 6.92 Å². The van der Waals surface area contributed by atoms with E-state index < -0.39 is 35.6 Å². The summed E-state index contributed by atoms with van der Waals surface area (Å²) in [5, 5.41) is 24.5. The van der Waals surface area contributed by atoms with Crippen molar-refractivity contribution in [1.82, 2.24) is 20.2 Å². The molecule has 0 bridgehead atoms. The first kappa shape index (κ1) is 22.5. The summed E-state index contributed by atoms with van der Waals surface area (Å²) >= 11 is 9.54. The van der Waals surface area contributed by atoms with Crippen LogP contribution in [-0.2, 0) is 14.4 Å². The van der Waals surface area contributed by atoms with Crippen LogP contribution in [0.5, 0.6) is 0 Å². The van der Waals surface area contributed by atoms with Gasteiger partial charge >= 0.3 is 5.97 Å². The highest BCUT2D eigenvalue weighted by atomic mass is 35.5. The Kier molecular flexibility index (Phi) is 6.11. The fourth-order valence-corrected chi connectivity index (χ4v) is 6.58. The molecule has 2 aromatic heterocycles. The van der Waals surface area contributed by atoms with E-state index in [9.17, 15) is 24.7 Å². The Hall–Kier alpha value is -2.68. The smallest absolute Gasteiger partial charge is 0.353 e. The molecule has 2 aliphatic rings. The third-order valence-electron chi connectivity index (χ3n) is 4.83. The molecule has 0 spiro atoms. The summed E-state index contributed by atoms with van der Waals surface area (Å²) in [5.41, 5.74) is 4.85. The maximum absolute atomic E-state index is 12.8. The van der Waals surface area contributed by atoms with E-state index in [2.05, 4.69) is 20.4 Å². The predicted octanol–water partition coefficient (Wildman–Crippen LogP) is 1.90. The molecule has 32 heavy (non-hydrogen) atoms. The molecule has 2 unspecified atom stereocenters. The van der Waals surface area contributed by atoms with Gasteiger partial charge in [0.05, 0.1) is 6.04 Å². The highest BCUT2D eigenvalue weighted by Gasteiger charge is 2.54. The van der Waals surface area contributed by atoms with Crippen molar-refractivity contribution in [1.29, 1.82) is 0 Å². The van der Waals surface area contributed by atoms with Crippen molar-refractivity contribution in [2.45, 2.75) is 36.2 Å². The van der Waals surface area contributed by atoms with Crippen LogP contribution >= 0.6 is 46.0 Å². The van der Waals surface area contributed by atoms with E-state index in [-0.39, 0.29) is 20.9 Å². The van der Waals surface area contributed by atoms with Crippen LogP contribution in [-0.4, -0.2) is 60.8 Å². The Bertz CT molecular complexity index is 1190. The SMILES string of the molecule is Cc1cnc(SC2=C(C(=O)O)N3C(=O)C(NC(=O)/C(=N\O)c4nc(N)sc4Cl)C3CC2)s1. The van der Waals surface area contributed by atoms with Crippen molar-refractivity contribution in [3.8, 4) is 0 Å². The lowest BCUT2D eigenvalue weighted by molar-refractivity contribution is -0.155. The van der Waals surface area contributed by atoms with E-state index >= 15 is 0 Å². The molecule has 2 aromatic rings. The zero-order valence-electron chi connectivity index (χ0n) is 16.2. The van der Waals surface area contributed by atoms with E-state index in [1.165, 1.54) is 28.0 Å². The number of carboxylic acids is 1. The zero-order valence-corrected chi connectivity index (χ0v) is 19.4. The van der Waals surface area contributed by atoms with Crippen molar-refractivity contribution in [3.63, 3.8) is 0 Å². The molecule has 1 fully saturated rings. The molecule has 15 heteroatoms. The normalized spacial score (nSPS) is 20.8. The van der Waals surface area contributed by atoms with Crippen LogP contribution in [0.25, 0.3) is 0 Å². The number of aliphatic carboxylic acids is 1. The van der Waals surface area contributed by atoms with Gasteiger partial charge in [0.2, 0.25) is 0 Å². The number of thiazole rings is 2. The van der Waals surface area contributed by atoms with E-state index in [0.717, 1.165) is 16.2 Å². The van der Waals surface area contributed by atoms with Gasteiger partial charge in [-0.1, -0.05) is 39.9 Å². The van der Waals surface area contributed by atoms with Gasteiger partial charge in [-0.15, -0.1) is 11.3 Å². The average Bonchev–Trinajstić information content (AvgIpc) is 3.30. The number of allylic oxidation sites excluding steroid dienone is 1. The molecule has 0 aliphatic carbocycles. The number of aryl methyl sites for hydroxylation is 1. The van der Waals surface area contributed by atoms with Gasteiger partial charge in [0.25, 0.3) is 11.8 Å². The number of carbonyl (C=O) groups is 3. The molecule has 11 nitrogen and oxygen atoms in total. The number of thioether (sulfide) groups is 1. The number of β-lactam (4-membered cyclic amide) rings is 1. The van der Waals surface area contributed by atoms with Crippen molar-refractivity contribution in [3.05, 3.63) is 31.7 Å².